The molecule has 1 aromatic rings. The first-order valence-electron chi connectivity index (χ1n) is 6.30. The molecule has 0 saturated heterocycles. The van der Waals surface area contributed by atoms with Gasteiger partial charge in [0.25, 0.3) is 0 Å². The van der Waals surface area contributed by atoms with E-state index in [-0.39, 0.29) is 6.03 Å². The number of amides is 2. The number of nitrogens with zero attached hydrogens (tertiary/aromatic N) is 2. The summed E-state index contributed by atoms with van der Waals surface area (Å²) in [6, 6.07) is -0.124. The lowest BCUT2D eigenvalue weighted by atomic mass is 9.98. The Labute approximate surface area is 107 Å². The van der Waals surface area contributed by atoms with E-state index in [2.05, 4.69) is 20.2 Å². The van der Waals surface area contributed by atoms with Crippen molar-refractivity contribution in [2.75, 3.05) is 26.8 Å². The number of imidazole rings is 1. The molecule has 6 heteroatoms. The fraction of sp³-hybridized carbons (Fsp3) is 0.667. The van der Waals surface area contributed by atoms with Crippen LogP contribution in [0.25, 0.3) is 0 Å². The summed E-state index contributed by atoms with van der Waals surface area (Å²) < 4.78 is 7.04. The number of methoxy groups -OCH3 is 1. The van der Waals surface area contributed by atoms with Crippen molar-refractivity contribution in [3.05, 3.63) is 18.2 Å². The third kappa shape index (κ3) is 3.46. The second-order valence-electron chi connectivity index (χ2n) is 4.53. The van der Waals surface area contributed by atoms with Gasteiger partial charge in [-0.1, -0.05) is 0 Å². The molecule has 0 aromatic carbocycles. The molecule has 0 fully saturated rings. The maximum Gasteiger partial charge on any atom is 0.314 e. The van der Waals surface area contributed by atoms with Crippen molar-refractivity contribution in [2.24, 2.45) is 5.92 Å². The third-order valence-corrected chi connectivity index (χ3v) is 3.19. The van der Waals surface area contributed by atoms with E-state index in [0.29, 0.717) is 25.6 Å². The number of fused-ring (bicyclic) bond motifs is 1. The SMILES string of the molecule is COCCNC(=O)NCC1CCn2ccnc2C1. The molecular weight excluding hydrogens is 232 g/mol. The number of carbonyl (C=O) groups excluding carboxylic acids is 1. The Morgan fingerprint density at radius 3 is 3.33 bits per heavy atom. The van der Waals surface area contributed by atoms with Crippen molar-refractivity contribution in [3.63, 3.8) is 0 Å². The number of urea groups is 1. The van der Waals surface area contributed by atoms with Crippen molar-refractivity contribution in [1.82, 2.24) is 20.2 Å². The number of hydrogen-bond acceptors (Lipinski definition) is 3. The van der Waals surface area contributed by atoms with Crippen LogP contribution in [0.4, 0.5) is 4.79 Å². The molecule has 2 N–H and O–H groups in total. The van der Waals surface area contributed by atoms with Gasteiger partial charge in [0.15, 0.2) is 0 Å². The minimum atomic E-state index is -0.124. The van der Waals surface area contributed by atoms with E-state index in [4.69, 9.17) is 4.74 Å². The number of aryl methyl sites for hydroxylation is 1. The monoisotopic (exact) mass is 252 g/mol. The van der Waals surface area contributed by atoms with Crippen molar-refractivity contribution in [2.45, 2.75) is 19.4 Å². The molecule has 0 saturated carbocycles. The van der Waals surface area contributed by atoms with Crippen LogP contribution in [0.5, 0.6) is 0 Å². The minimum absolute atomic E-state index is 0.124. The van der Waals surface area contributed by atoms with E-state index in [1.54, 1.807) is 7.11 Å². The highest BCUT2D eigenvalue weighted by Crippen LogP contribution is 2.18. The van der Waals surface area contributed by atoms with Gasteiger partial charge >= 0.3 is 6.03 Å². The third-order valence-electron chi connectivity index (χ3n) is 3.19. The van der Waals surface area contributed by atoms with Crippen LogP contribution in [0.2, 0.25) is 0 Å². The molecule has 2 heterocycles. The molecule has 0 aliphatic carbocycles. The Morgan fingerprint density at radius 2 is 2.50 bits per heavy atom. The summed E-state index contributed by atoms with van der Waals surface area (Å²) in [5.74, 6) is 1.60. The second-order valence-corrected chi connectivity index (χ2v) is 4.53. The summed E-state index contributed by atoms with van der Waals surface area (Å²) in [6.45, 7) is 2.77. The normalized spacial score (nSPS) is 18.2. The van der Waals surface area contributed by atoms with Gasteiger partial charge in [0, 0.05) is 45.6 Å². The number of ether oxygens (including phenoxy) is 1. The lowest BCUT2D eigenvalue weighted by Crippen LogP contribution is -2.40. The number of rotatable bonds is 5. The maximum atomic E-state index is 11.5. The Balaban J connectivity index is 1.67. The first-order chi connectivity index (χ1) is 8.79. The zero-order valence-electron chi connectivity index (χ0n) is 10.7. The maximum absolute atomic E-state index is 11.5. The van der Waals surface area contributed by atoms with Crippen molar-refractivity contribution in [1.29, 1.82) is 0 Å². The highest BCUT2D eigenvalue weighted by molar-refractivity contribution is 5.73. The Hall–Kier alpha value is -1.56. The van der Waals surface area contributed by atoms with Crippen molar-refractivity contribution >= 4 is 6.03 Å². The predicted molar refractivity (Wildman–Crippen MR) is 67.3 cm³/mol. The van der Waals surface area contributed by atoms with E-state index >= 15 is 0 Å². The van der Waals surface area contributed by atoms with E-state index in [1.807, 2.05) is 12.4 Å². The van der Waals surface area contributed by atoms with Gasteiger partial charge in [-0.25, -0.2) is 9.78 Å². The molecule has 100 valence electrons. The van der Waals surface area contributed by atoms with Gasteiger partial charge < -0.3 is 19.9 Å². The zero-order chi connectivity index (χ0) is 12.8. The number of nitrogens with one attached hydrogen (secondary N) is 2. The molecule has 1 unspecified atom stereocenters. The van der Waals surface area contributed by atoms with Crippen LogP contribution in [-0.2, 0) is 17.7 Å². The smallest absolute Gasteiger partial charge is 0.314 e. The van der Waals surface area contributed by atoms with Gasteiger partial charge in [-0.3, -0.25) is 0 Å². The van der Waals surface area contributed by atoms with E-state index < -0.39 is 0 Å². The summed E-state index contributed by atoms with van der Waals surface area (Å²) >= 11 is 0. The number of carbonyl (C=O) groups is 1. The molecule has 2 rings (SSSR count). The molecule has 2 amide bonds. The Morgan fingerprint density at radius 1 is 1.61 bits per heavy atom. The first kappa shape index (κ1) is 12.9. The van der Waals surface area contributed by atoms with E-state index in [0.717, 1.165) is 25.2 Å². The molecule has 0 bridgehead atoms. The highest BCUT2D eigenvalue weighted by Gasteiger charge is 2.19. The number of hydrogen-bond donors (Lipinski definition) is 2. The lowest BCUT2D eigenvalue weighted by molar-refractivity contribution is 0.195. The molecular formula is C12H20N4O2. The molecule has 6 nitrogen and oxygen atoms in total. The van der Waals surface area contributed by atoms with Gasteiger partial charge in [0.1, 0.15) is 5.82 Å². The van der Waals surface area contributed by atoms with Crippen LogP contribution in [-0.4, -0.2) is 42.4 Å². The van der Waals surface area contributed by atoms with Crippen LogP contribution < -0.4 is 10.6 Å². The Bertz CT molecular complexity index is 391. The topological polar surface area (TPSA) is 68.2 Å². The van der Waals surface area contributed by atoms with Gasteiger partial charge in [-0.05, 0) is 12.3 Å². The molecule has 0 radical (unpaired) electrons. The summed E-state index contributed by atoms with van der Waals surface area (Å²) in [4.78, 5) is 15.8. The first-order valence-corrected chi connectivity index (χ1v) is 6.30. The molecule has 1 aromatic heterocycles. The molecule has 0 spiro atoms. The van der Waals surface area contributed by atoms with Gasteiger partial charge in [-0.15, -0.1) is 0 Å². The van der Waals surface area contributed by atoms with Crippen LogP contribution in [0.1, 0.15) is 12.2 Å². The van der Waals surface area contributed by atoms with Gasteiger partial charge in [0.2, 0.25) is 0 Å². The summed E-state index contributed by atoms with van der Waals surface area (Å²) in [7, 11) is 1.61. The van der Waals surface area contributed by atoms with Crippen LogP contribution in [0, 0.1) is 5.92 Å². The summed E-state index contributed by atoms with van der Waals surface area (Å²) in [5.41, 5.74) is 0. The lowest BCUT2D eigenvalue weighted by Gasteiger charge is -2.23. The fourth-order valence-electron chi connectivity index (χ4n) is 2.16. The van der Waals surface area contributed by atoms with E-state index in [9.17, 15) is 4.79 Å². The molecule has 18 heavy (non-hydrogen) atoms. The van der Waals surface area contributed by atoms with Crippen LogP contribution >= 0.6 is 0 Å². The van der Waals surface area contributed by atoms with E-state index in [1.165, 1.54) is 0 Å². The van der Waals surface area contributed by atoms with Crippen LogP contribution in [0.15, 0.2) is 12.4 Å². The number of aromatic nitrogens is 2. The van der Waals surface area contributed by atoms with Gasteiger partial charge in [-0.2, -0.15) is 0 Å². The standard InChI is InChI=1S/C12H20N4O2/c1-18-7-4-14-12(17)15-9-10-2-5-16-6-3-13-11(16)8-10/h3,6,10H,2,4-5,7-9H2,1H3,(H2,14,15,17). The highest BCUT2D eigenvalue weighted by atomic mass is 16.5. The molecule has 1 atom stereocenters. The largest absolute Gasteiger partial charge is 0.383 e. The zero-order valence-corrected chi connectivity index (χ0v) is 10.7. The predicted octanol–water partition coefficient (Wildman–Crippen LogP) is 0.391. The molecule has 1 aliphatic heterocycles. The average Bonchev–Trinajstić information content (AvgIpc) is 2.84. The fourth-order valence-corrected chi connectivity index (χ4v) is 2.16. The van der Waals surface area contributed by atoms with Gasteiger partial charge in [0.05, 0.1) is 6.61 Å². The second kappa shape index (κ2) is 6.39. The quantitative estimate of drug-likeness (QED) is 0.745. The van der Waals surface area contributed by atoms with Crippen LogP contribution in [0.3, 0.4) is 0 Å². The average molecular weight is 252 g/mol. The minimum Gasteiger partial charge on any atom is -0.383 e. The summed E-state index contributed by atoms with van der Waals surface area (Å²) in [5, 5.41) is 5.63. The molecule has 1 aliphatic rings. The van der Waals surface area contributed by atoms with Crippen molar-refractivity contribution in [3.8, 4) is 0 Å². The Kier molecular flexibility index (Phi) is 4.58. The van der Waals surface area contributed by atoms with Crippen molar-refractivity contribution < 1.29 is 9.53 Å². The summed E-state index contributed by atoms with van der Waals surface area (Å²) in [6.07, 6.45) is 5.87.